The average Bonchev–Trinajstić information content (AvgIpc) is 2.68. The highest BCUT2D eigenvalue weighted by molar-refractivity contribution is 7.17. The van der Waals surface area contributed by atoms with Gasteiger partial charge < -0.3 is 15.2 Å². The summed E-state index contributed by atoms with van der Waals surface area (Å²) in [6, 6.07) is 0. The average molecular weight is 314 g/mol. The first-order valence-electron chi connectivity index (χ1n) is 6.49. The number of ether oxygens (including phenoxy) is 1. The first-order valence-corrected chi connectivity index (χ1v) is 7.31. The van der Waals surface area contributed by atoms with E-state index in [2.05, 4.69) is 10.3 Å². The molecule has 0 bridgehead atoms. The van der Waals surface area contributed by atoms with Crippen LogP contribution in [-0.2, 0) is 14.3 Å². The van der Waals surface area contributed by atoms with Gasteiger partial charge in [-0.15, -0.1) is 0 Å². The summed E-state index contributed by atoms with van der Waals surface area (Å²) in [5.41, 5.74) is 0.493. The molecule has 1 aromatic rings. The Hall–Kier alpha value is -1.96. The highest BCUT2D eigenvalue weighted by Gasteiger charge is 2.18. The minimum absolute atomic E-state index is 0.0710. The number of hydrogen-bond donors (Lipinski definition) is 2. The minimum atomic E-state index is -0.940. The molecule has 1 heterocycles. The Balaban J connectivity index is 2.63. The summed E-state index contributed by atoms with van der Waals surface area (Å²) in [6.07, 6.45) is 0.0120. The molecule has 2 N–H and O–H groups in total. The van der Waals surface area contributed by atoms with Crippen molar-refractivity contribution in [1.82, 2.24) is 4.98 Å². The molecule has 0 saturated carbocycles. The third kappa shape index (κ3) is 5.50. The number of thiazole rings is 1. The Labute approximate surface area is 126 Å². The molecule has 0 fully saturated rings. The van der Waals surface area contributed by atoms with Crippen LogP contribution in [0.25, 0.3) is 0 Å². The maximum atomic E-state index is 11.8. The molecule has 7 nitrogen and oxygen atoms in total. The van der Waals surface area contributed by atoms with Crippen LogP contribution in [0.2, 0.25) is 0 Å². The number of aryl methyl sites for hydroxylation is 1. The second-order valence-corrected chi connectivity index (χ2v) is 5.61. The molecule has 1 rings (SSSR count). The fourth-order valence-electron chi connectivity index (χ4n) is 1.69. The molecule has 1 unspecified atom stereocenters. The van der Waals surface area contributed by atoms with E-state index in [9.17, 15) is 14.4 Å². The number of hydrogen-bond acceptors (Lipinski definition) is 6. The van der Waals surface area contributed by atoms with Gasteiger partial charge in [-0.1, -0.05) is 18.3 Å². The van der Waals surface area contributed by atoms with Crippen molar-refractivity contribution in [1.29, 1.82) is 0 Å². The van der Waals surface area contributed by atoms with E-state index in [-0.39, 0.29) is 31.3 Å². The Morgan fingerprint density at radius 2 is 2.05 bits per heavy atom. The van der Waals surface area contributed by atoms with Gasteiger partial charge in [0, 0.05) is 12.8 Å². The van der Waals surface area contributed by atoms with Gasteiger partial charge in [-0.2, -0.15) is 0 Å². The number of carbonyl (C=O) groups excluding carboxylic acids is 2. The van der Waals surface area contributed by atoms with Crippen molar-refractivity contribution in [3.05, 3.63) is 10.6 Å². The van der Waals surface area contributed by atoms with Gasteiger partial charge in [0.1, 0.15) is 4.88 Å². The number of aromatic nitrogens is 1. The van der Waals surface area contributed by atoms with E-state index in [0.29, 0.717) is 15.7 Å². The normalized spacial score (nSPS) is 11.8. The summed E-state index contributed by atoms with van der Waals surface area (Å²) in [7, 11) is 0. The first kappa shape index (κ1) is 17.1. The van der Waals surface area contributed by atoms with Crippen molar-refractivity contribution >= 4 is 34.3 Å². The quantitative estimate of drug-likeness (QED) is 0.746. The summed E-state index contributed by atoms with van der Waals surface area (Å²) in [6.45, 7) is 5.32. The molecule has 1 amide bonds. The molecular formula is C13H18N2O5S. The first-order chi connectivity index (χ1) is 9.83. The van der Waals surface area contributed by atoms with Crippen LogP contribution in [0.5, 0.6) is 0 Å². The molecule has 0 radical (unpaired) electrons. The van der Waals surface area contributed by atoms with Crippen LogP contribution < -0.4 is 5.32 Å². The number of anilines is 1. The molecule has 0 aliphatic rings. The minimum Gasteiger partial charge on any atom is -0.481 e. The molecule has 0 spiro atoms. The van der Waals surface area contributed by atoms with Gasteiger partial charge in [0.25, 0.3) is 0 Å². The smallest absolute Gasteiger partial charge is 0.350 e. The number of carboxylic acid groups (broad SMARTS) is 1. The number of rotatable bonds is 7. The fourth-order valence-corrected chi connectivity index (χ4v) is 2.57. The van der Waals surface area contributed by atoms with Crippen LogP contribution in [0.1, 0.15) is 42.1 Å². The van der Waals surface area contributed by atoms with E-state index in [1.807, 2.05) is 0 Å². The van der Waals surface area contributed by atoms with E-state index in [1.165, 1.54) is 0 Å². The largest absolute Gasteiger partial charge is 0.481 e. The Morgan fingerprint density at radius 3 is 2.62 bits per heavy atom. The van der Waals surface area contributed by atoms with Crippen LogP contribution in [0.4, 0.5) is 5.13 Å². The van der Waals surface area contributed by atoms with Gasteiger partial charge in [0.05, 0.1) is 12.3 Å². The highest BCUT2D eigenvalue weighted by atomic mass is 32.1. The number of nitrogens with zero attached hydrogens (tertiary/aromatic N) is 1. The third-order valence-electron chi connectivity index (χ3n) is 2.56. The van der Waals surface area contributed by atoms with Crippen LogP contribution in [0.15, 0.2) is 0 Å². The van der Waals surface area contributed by atoms with E-state index in [1.54, 1.807) is 20.8 Å². The maximum absolute atomic E-state index is 11.8. The lowest BCUT2D eigenvalue weighted by atomic mass is 10.0. The van der Waals surface area contributed by atoms with Gasteiger partial charge in [-0.05, 0) is 19.8 Å². The molecule has 1 aromatic heterocycles. The van der Waals surface area contributed by atoms with Crippen molar-refractivity contribution < 1.29 is 24.2 Å². The summed E-state index contributed by atoms with van der Waals surface area (Å²) >= 11 is 1.04. The third-order valence-corrected chi connectivity index (χ3v) is 3.61. The van der Waals surface area contributed by atoms with Gasteiger partial charge >= 0.3 is 11.9 Å². The van der Waals surface area contributed by atoms with Crippen LogP contribution >= 0.6 is 11.3 Å². The number of esters is 1. The molecular weight excluding hydrogens is 296 g/mol. The Kier molecular flexibility index (Phi) is 6.29. The lowest BCUT2D eigenvalue weighted by Gasteiger charge is -2.07. The maximum Gasteiger partial charge on any atom is 0.350 e. The van der Waals surface area contributed by atoms with Crippen molar-refractivity contribution in [3.63, 3.8) is 0 Å². The molecule has 0 aliphatic heterocycles. The molecule has 116 valence electrons. The monoisotopic (exact) mass is 314 g/mol. The van der Waals surface area contributed by atoms with E-state index in [4.69, 9.17) is 9.84 Å². The van der Waals surface area contributed by atoms with E-state index < -0.39 is 11.9 Å². The van der Waals surface area contributed by atoms with Crippen LogP contribution in [0, 0.1) is 12.8 Å². The van der Waals surface area contributed by atoms with Crippen molar-refractivity contribution in [2.45, 2.75) is 33.6 Å². The predicted molar refractivity (Wildman–Crippen MR) is 77.5 cm³/mol. The second-order valence-electron chi connectivity index (χ2n) is 4.61. The molecule has 0 aromatic carbocycles. The zero-order chi connectivity index (χ0) is 16.0. The molecule has 1 atom stereocenters. The highest BCUT2D eigenvalue weighted by Crippen LogP contribution is 2.24. The summed E-state index contributed by atoms with van der Waals surface area (Å²) in [5, 5.41) is 11.5. The Morgan fingerprint density at radius 1 is 1.38 bits per heavy atom. The van der Waals surface area contributed by atoms with Gasteiger partial charge in [0.15, 0.2) is 5.13 Å². The summed E-state index contributed by atoms with van der Waals surface area (Å²) in [4.78, 5) is 38.4. The molecule has 0 saturated heterocycles. The number of carbonyl (C=O) groups is 3. The number of carboxylic acids is 1. The zero-order valence-corrected chi connectivity index (χ0v) is 13.0. The Bertz CT molecular complexity index is 541. The van der Waals surface area contributed by atoms with Gasteiger partial charge in [-0.25, -0.2) is 9.78 Å². The molecule has 0 aliphatic carbocycles. The van der Waals surface area contributed by atoms with Crippen molar-refractivity contribution in [3.8, 4) is 0 Å². The van der Waals surface area contributed by atoms with Crippen molar-refractivity contribution in [2.24, 2.45) is 5.92 Å². The van der Waals surface area contributed by atoms with Gasteiger partial charge in [0.2, 0.25) is 5.91 Å². The predicted octanol–water partition coefficient (Wildman–Crippen LogP) is 2.07. The standard InChI is InChI=1S/C13H18N2O5S/c1-4-20-12(19)11-8(3)14-13(21-11)15-9(16)5-7(2)6-10(17)18/h7H,4-6H2,1-3H3,(H,17,18)(H,14,15,16). The van der Waals surface area contributed by atoms with Crippen molar-refractivity contribution in [2.75, 3.05) is 11.9 Å². The topological polar surface area (TPSA) is 106 Å². The van der Waals surface area contributed by atoms with E-state index in [0.717, 1.165) is 11.3 Å². The number of nitrogens with one attached hydrogen (secondary N) is 1. The SMILES string of the molecule is CCOC(=O)c1sc(NC(=O)CC(C)CC(=O)O)nc1C. The zero-order valence-electron chi connectivity index (χ0n) is 12.1. The number of amides is 1. The van der Waals surface area contributed by atoms with Crippen LogP contribution in [-0.4, -0.2) is 34.5 Å². The number of aliphatic carboxylic acids is 1. The molecule has 8 heteroatoms. The van der Waals surface area contributed by atoms with Crippen LogP contribution in [0.3, 0.4) is 0 Å². The summed E-state index contributed by atoms with van der Waals surface area (Å²) < 4.78 is 4.89. The lowest BCUT2D eigenvalue weighted by molar-refractivity contribution is -0.138. The summed E-state index contributed by atoms with van der Waals surface area (Å²) in [5.74, 6) is -2.00. The van der Waals surface area contributed by atoms with E-state index >= 15 is 0 Å². The molecule has 21 heavy (non-hydrogen) atoms. The second kappa shape index (κ2) is 7.72. The fraction of sp³-hybridized carbons (Fsp3) is 0.538. The van der Waals surface area contributed by atoms with Gasteiger partial charge in [-0.3, -0.25) is 9.59 Å². The lowest BCUT2D eigenvalue weighted by Crippen LogP contribution is -2.16.